The van der Waals surface area contributed by atoms with E-state index in [0.29, 0.717) is 5.56 Å². The lowest BCUT2D eigenvalue weighted by Crippen LogP contribution is -2.13. The molecule has 0 aliphatic rings. The lowest BCUT2D eigenvalue weighted by molar-refractivity contribution is 0.101. The Balaban J connectivity index is 2.99. The standard InChI is InChI=1S/C12H20NO4P/c1-9(2)16-18(15,17-10(3)4)12(14)11-6-5-7-13-8-11/h5-10,12,14H,1-4H3/t12-/m0/s1. The van der Waals surface area contributed by atoms with Gasteiger partial charge in [0.2, 0.25) is 0 Å². The fourth-order valence-electron chi connectivity index (χ4n) is 1.44. The maximum atomic E-state index is 12.6. The van der Waals surface area contributed by atoms with Crippen molar-refractivity contribution in [2.45, 2.75) is 45.7 Å². The average Bonchev–Trinajstić information content (AvgIpc) is 2.27. The summed E-state index contributed by atoms with van der Waals surface area (Å²) in [5, 5.41) is 10.2. The fraction of sp³-hybridized carbons (Fsp3) is 0.583. The molecule has 0 aromatic carbocycles. The van der Waals surface area contributed by atoms with Crippen LogP contribution < -0.4 is 0 Å². The molecular weight excluding hydrogens is 253 g/mol. The fourth-order valence-corrected chi connectivity index (χ4v) is 3.41. The molecule has 1 aromatic heterocycles. The molecule has 0 radical (unpaired) electrons. The summed E-state index contributed by atoms with van der Waals surface area (Å²) < 4.78 is 23.3. The first-order chi connectivity index (χ1) is 8.35. The SMILES string of the molecule is CC(C)OP(=O)(OC(C)C)[C@H](O)c1cccnc1. The van der Waals surface area contributed by atoms with E-state index in [9.17, 15) is 9.67 Å². The largest absolute Gasteiger partial charge is 0.376 e. The van der Waals surface area contributed by atoms with Crippen LogP contribution in [0.2, 0.25) is 0 Å². The highest BCUT2D eigenvalue weighted by atomic mass is 31.2. The molecule has 1 N–H and O–H groups in total. The molecule has 1 rings (SSSR count). The zero-order valence-corrected chi connectivity index (χ0v) is 12.0. The first kappa shape index (κ1) is 15.3. The molecular formula is C12H20NO4P. The molecule has 0 fully saturated rings. The van der Waals surface area contributed by atoms with Crippen molar-refractivity contribution in [2.75, 3.05) is 0 Å². The molecule has 0 aliphatic carbocycles. The zero-order chi connectivity index (χ0) is 13.8. The van der Waals surface area contributed by atoms with Crippen molar-refractivity contribution in [3.05, 3.63) is 30.1 Å². The Morgan fingerprint density at radius 1 is 1.22 bits per heavy atom. The minimum absolute atomic E-state index is 0.305. The summed E-state index contributed by atoms with van der Waals surface area (Å²) in [5.74, 6) is -1.32. The third-order valence-corrected chi connectivity index (χ3v) is 4.33. The van der Waals surface area contributed by atoms with E-state index in [4.69, 9.17) is 9.05 Å². The van der Waals surface area contributed by atoms with Crippen molar-refractivity contribution in [2.24, 2.45) is 0 Å². The normalized spacial score (nSPS) is 14.2. The number of pyridine rings is 1. The third kappa shape index (κ3) is 4.18. The number of aromatic nitrogens is 1. The van der Waals surface area contributed by atoms with Gasteiger partial charge in [-0.15, -0.1) is 0 Å². The second-order valence-electron chi connectivity index (χ2n) is 4.51. The van der Waals surface area contributed by atoms with Gasteiger partial charge >= 0.3 is 7.60 Å². The Morgan fingerprint density at radius 2 is 1.78 bits per heavy atom. The van der Waals surface area contributed by atoms with Gasteiger partial charge in [0.15, 0.2) is 5.85 Å². The average molecular weight is 273 g/mol. The zero-order valence-electron chi connectivity index (χ0n) is 11.1. The number of aliphatic hydroxyl groups excluding tert-OH is 1. The molecule has 0 unspecified atom stereocenters. The van der Waals surface area contributed by atoms with Gasteiger partial charge in [-0.05, 0) is 33.8 Å². The maximum Gasteiger partial charge on any atom is 0.363 e. The van der Waals surface area contributed by atoms with Gasteiger partial charge < -0.3 is 14.2 Å². The molecule has 0 amide bonds. The van der Waals surface area contributed by atoms with Crippen LogP contribution in [0.1, 0.15) is 39.1 Å². The Hall–Kier alpha value is -0.740. The maximum absolute atomic E-state index is 12.6. The van der Waals surface area contributed by atoms with Gasteiger partial charge in [0.25, 0.3) is 0 Å². The van der Waals surface area contributed by atoms with Crippen molar-refractivity contribution >= 4 is 7.60 Å². The smallest absolute Gasteiger partial charge is 0.363 e. The molecule has 0 saturated heterocycles. The predicted octanol–water partition coefficient (Wildman–Crippen LogP) is 3.12. The summed E-state index contributed by atoms with van der Waals surface area (Å²) in [4.78, 5) is 3.89. The quantitative estimate of drug-likeness (QED) is 0.806. The second-order valence-corrected chi connectivity index (χ2v) is 6.50. The van der Waals surface area contributed by atoms with E-state index in [2.05, 4.69) is 4.98 Å². The lowest BCUT2D eigenvalue weighted by atomic mass is 10.3. The first-order valence-electron chi connectivity index (χ1n) is 5.89. The van der Waals surface area contributed by atoms with Crippen molar-refractivity contribution in [3.63, 3.8) is 0 Å². The third-order valence-electron chi connectivity index (χ3n) is 2.00. The lowest BCUT2D eigenvalue weighted by Gasteiger charge is -2.26. The van der Waals surface area contributed by atoms with Crippen LogP contribution in [0.15, 0.2) is 24.5 Å². The number of hydrogen-bond donors (Lipinski definition) is 1. The minimum atomic E-state index is -3.63. The first-order valence-corrected chi connectivity index (χ1v) is 7.51. The van der Waals surface area contributed by atoms with E-state index < -0.39 is 13.4 Å². The van der Waals surface area contributed by atoms with Gasteiger partial charge in [0.1, 0.15) is 0 Å². The molecule has 102 valence electrons. The van der Waals surface area contributed by atoms with Gasteiger partial charge in [-0.25, -0.2) is 0 Å². The van der Waals surface area contributed by atoms with E-state index in [0.717, 1.165) is 0 Å². The highest BCUT2D eigenvalue weighted by Gasteiger charge is 2.38. The van der Waals surface area contributed by atoms with Crippen molar-refractivity contribution < 1.29 is 18.7 Å². The van der Waals surface area contributed by atoms with E-state index >= 15 is 0 Å². The monoisotopic (exact) mass is 273 g/mol. The molecule has 5 nitrogen and oxygen atoms in total. The van der Waals surface area contributed by atoms with E-state index in [1.807, 2.05) is 0 Å². The predicted molar refractivity (Wildman–Crippen MR) is 69.2 cm³/mol. The molecule has 0 saturated carbocycles. The summed E-state index contributed by atoms with van der Waals surface area (Å²) in [6.45, 7) is 6.97. The number of rotatable bonds is 6. The van der Waals surface area contributed by atoms with E-state index in [-0.39, 0.29) is 12.2 Å². The number of hydrogen-bond acceptors (Lipinski definition) is 5. The van der Waals surface area contributed by atoms with Crippen LogP contribution in [0.4, 0.5) is 0 Å². The topological polar surface area (TPSA) is 68.7 Å². The molecule has 1 heterocycles. The molecule has 6 heteroatoms. The van der Waals surface area contributed by atoms with Gasteiger partial charge in [0, 0.05) is 18.0 Å². The Kier molecular flexibility index (Phi) is 5.47. The minimum Gasteiger partial charge on any atom is -0.376 e. The van der Waals surface area contributed by atoms with E-state index in [1.165, 1.54) is 6.20 Å². The Labute approximate surface area is 108 Å². The van der Waals surface area contributed by atoms with Gasteiger partial charge in [-0.3, -0.25) is 9.55 Å². The molecule has 0 spiro atoms. The van der Waals surface area contributed by atoms with Gasteiger partial charge in [0.05, 0.1) is 12.2 Å². The van der Waals surface area contributed by atoms with Crippen molar-refractivity contribution in [1.29, 1.82) is 0 Å². The van der Waals surface area contributed by atoms with Gasteiger partial charge in [-0.2, -0.15) is 0 Å². The molecule has 0 aliphatic heterocycles. The molecule has 1 aromatic rings. The highest BCUT2D eigenvalue weighted by Crippen LogP contribution is 2.61. The molecule has 18 heavy (non-hydrogen) atoms. The molecule has 1 atom stereocenters. The van der Waals surface area contributed by atoms with Crippen LogP contribution in [0.25, 0.3) is 0 Å². The Bertz CT molecular complexity index is 394. The van der Waals surface area contributed by atoms with Crippen LogP contribution in [0.3, 0.4) is 0 Å². The number of nitrogens with zero attached hydrogens (tertiary/aromatic N) is 1. The van der Waals surface area contributed by atoms with Crippen LogP contribution >= 0.6 is 7.60 Å². The van der Waals surface area contributed by atoms with Crippen molar-refractivity contribution in [3.8, 4) is 0 Å². The summed E-state index contributed by atoms with van der Waals surface area (Å²) in [6.07, 6.45) is 2.42. The summed E-state index contributed by atoms with van der Waals surface area (Å²) in [5.41, 5.74) is 0.419. The summed E-state index contributed by atoms with van der Waals surface area (Å²) in [6, 6.07) is 3.30. The van der Waals surface area contributed by atoms with Gasteiger partial charge in [-0.1, -0.05) is 6.07 Å². The Morgan fingerprint density at radius 3 is 2.17 bits per heavy atom. The van der Waals surface area contributed by atoms with Crippen LogP contribution in [0, 0.1) is 0 Å². The summed E-state index contributed by atoms with van der Waals surface area (Å²) in [7, 11) is -3.63. The van der Waals surface area contributed by atoms with E-state index in [1.54, 1.807) is 46.0 Å². The van der Waals surface area contributed by atoms with Crippen LogP contribution in [-0.4, -0.2) is 22.3 Å². The number of aliphatic hydroxyl groups is 1. The highest BCUT2D eigenvalue weighted by molar-refractivity contribution is 7.54. The van der Waals surface area contributed by atoms with Crippen molar-refractivity contribution in [1.82, 2.24) is 4.98 Å². The summed E-state index contributed by atoms with van der Waals surface area (Å²) >= 11 is 0. The van der Waals surface area contributed by atoms with Crippen LogP contribution in [0.5, 0.6) is 0 Å². The molecule has 0 bridgehead atoms. The second kappa shape index (κ2) is 6.43. The van der Waals surface area contributed by atoms with Crippen LogP contribution in [-0.2, 0) is 13.6 Å².